The molecule has 0 spiro atoms. The fourth-order valence-corrected chi connectivity index (χ4v) is 4.08. The smallest absolute Gasteiger partial charge is 0.274 e. The van der Waals surface area contributed by atoms with Crippen LogP contribution in [-0.4, -0.2) is 71.1 Å². The summed E-state index contributed by atoms with van der Waals surface area (Å²) in [6.45, 7) is 7.19. The maximum atomic E-state index is 13.3. The van der Waals surface area contributed by atoms with Crippen molar-refractivity contribution in [3.63, 3.8) is 0 Å². The number of carbonyl (C=O) groups is 1. The molecule has 0 radical (unpaired) electrons. The molecule has 0 unspecified atom stereocenters. The molecule has 2 aromatic rings. The van der Waals surface area contributed by atoms with Crippen molar-refractivity contribution in [3.05, 3.63) is 41.7 Å². The standard InChI is InChI=1S/C21H28N4O2/c1-16-19(23-20(22-16)17-7-3-2-4-8-17)21(26)25-10-6-5-9-18(25)15-24-11-13-27-14-12-24/h2-4,7-8,18H,5-6,9-15H2,1H3,(H,22,23)/t18-/m0/s1. The van der Waals surface area contributed by atoms with Crippen molar-refractivity contribution < 1.29 is 9.53 Å². The Morgan fingerprint density at radius 2 is 1.96 bits per heavy atom. The van der Waals surface area contributed by atoms with E-state index in [1.54, 1.807) is 0 Å². The Morgan fingerprint density at radius 3 is 2.74 bits per heavy atom. The van der Waals surface area contributed by atoms with Gasteiger partial charge in [-0.2, -0.15) is 0 Å². The first-order chi connectivity index (χ1) is 13.2. The van der Waals surface area contributed by atoms with E-state index >= 15 is 0 Å². The zero-order valence-electron chi connectivity index (χ0n) is 16.0. The van der Waals surface area contributed by atoms with Crippen molar-refractivity contribution in [2.24, 2.45) is 0 Å². The van der Waals surface area contributed by atoms with E-state index in [2.05, 4.69) is 19.8 Å². The molecule has 1 N–H and O–H groups in total. The summed E-state index contributed by atoms with van der Waals surface area (Å²) in [5.41, 5.74) is 2.40. The minimum atomic E-state index is 0.0592. The molecule has 2 saturated heterocycles. The number of piperidine rings is 1. The van der Waals surface area contributed by atoms with Crippen LogP contribution in [0.25, 0.3) is 11.4 Å². The van der Waals surface area contributed by atoms with Gasteiger partial charge in [0.2, 0.25) is 0 Å². The molecule has 3 heterocycles. The van der Waals surface area contributed by atoms with Gasteiger partial charge in [0.1, 0.15) is 11.5 Å². The number of hydrogen-bond acceptors (Lipinski definition) is 4. The molecule has 1 atom stereocenters. The fourth-order valence-electron chi connectivity index (χ4n) is 4.08. The number of morpholine rings is 1. The lowest BCUT2D eigenvalue weighted by Gasteiger charge is -2.39. The van der Waals surface area contributed by atoms with Crippen molar-refractivity contribution in [3.8, 4) is 11.4 Å². The second-order valence-corrected chi connectivity index (χ2v) is 7.49. The van der Waals surface area contributed by atoms with Crippen molar-refractivity contribution in [1.29, 1.82) is 0 Å². The summed E-state index contributed by atoms with van der Waals surface area (Å²) in [7, 11) is 0. The van der Waals surface area contributed by atoms with E-state index in [4.69, 9.17) is 4.74 Å². The highest BCUT2D eigenvalue weighted by Crippen LogP contribution is 2.23. The summed E-state index contributed by atoms with van der Waals surface area (Å²) in [6.07, 6.45) is 3.33. The lowest BCUT2D eigenvalue weighted by Crippen LogP contribution is -2.51. The van der Waals surface area contributed by atoms with Gasteiger partial charge in [-0.3, -0.25) is 9.69 Å². The van der Waals surface area contributed by atoms with Crippen LogP contribution in [0.1, 0.15) is 35.4 Å². The number of aromatic nitrogens is 2. The number of ether oxygens (including phenoxy) is 1. The first-order valence-electron chi connectivity index (χ1n) is 9.95. The van der Waals surface area contributed by atoms with E-state index in [1.807, 2.05) is 37.3 Å². The molecular formula is C21H28N4O2. The molecule has 2 aliphatic rings. The molecular weight excluding hydrogens is 340 g/mol. The maximum absolute atomic E-state index is 13.3. The molecule has 144 valence electrons. The predicted molar refractivity (Wildman–Crippen MR) is 105 cm³/mol. The zero-order chi connectivity index (χ0) is 18.6. The Kier molecular flexibility index (Phi) is 5.55. The van der Waals surface area contributed by atoms with Gasteiger partial charge in [-0.15, -0.1) is 0 Å². The number of likely N-dealkylation sites (tertiary alicyclic amines) is 1. The third kappa shape index (κ3) is 4.06. The van der Waals surface area contributed by atoms with Crippen molar-refractivity contribution in [2.75, 3.05) is 39.4 Å². The highest BCUT2D eigenvalue weighted by Gasteiger charge is 2.31. The molecule has 2 fully saturated rings. The van der Waals surface area contributed by atoms with Crippen LogP contribution in [0.5, 0.6) is 0 Å². The number of aryl methyl sites for hydroxylation is 1. The van der Waals surface area contributed by atoms with Gasteiger partial charge in [-0.1, -0.05) is 30.3 Å². The van der Waals surface area contributed by atoms with Crippen LogP contribution in [0.4, 0.5) is 0 Å². The van der Waals surface area contributed by atoms with Gasteiger partial charge in [-0.25, -0.2) is 4.98 Å². The number of hydrogen-bond donors (Lipinski definition) is 1. The Bertz CT molecular complexity index is 768. The van der Waals surface area contributed by atoms with E-state index in [0.717, 1.165) is 69.3 Å². The molecule has 0 bridgehead atoms. The molecule has 1 aromatic carbocycles. The van der Waals surface area contributed by atoms with E-state index < -0.39 is 0 Å². The van der Waals surface area contributed by atoms with Gasteiger partial charge < -0.3 is 14.6 Å². The van der Waals surface area contributed by atoms with Crippen LogP contribution in [0.3, 0.4) is 0 Å². The van der Waals surface area contributed by atoms with Gasteiger partial charge in [0.25, 0.3) is 5.91 Å². The SMILES string of the molecule is Cc1[nH]c(-c2ccccc2)nc1C(=O)N1CCCC[C@H]1CN1CCOCC1. The number of aromatic amines is 1. The topological polar surface area (TPSA) is 61.5 Å². The van der Waals surface area contributed by atoms with Crippen LogP contribution in [0, 0.1) is 6.92 Å². The van der Waals surface area contributed by atoms with E-state index in [-0.39, 0.29) is 11.9 Å². The number of nitrogens with zero attached hydrogens (tertiary/aromatic N) is 3. The van der Waals surface area contributed by atoms with Gasteiger partial charge in [0, 0.05) is 43.5 Å². The average Bonchev–Trinajstić information content (AvgIpc) is 3.11. The fraction of sp³-hybridized carbons (Fsp3) is 0.524. The van der Waals surface area contributed by atoms with Gasteiger partial charge in [0.05, 0.1) is 13.2 Å². The molecule has 6 heteroatoms. The number of carbonyl (C=O) groups excluding carboxylic acids is 1. The summed E-state index contributed by atoms with van der Waals surface area (Å²) in [5.74, 6) is 0.821. The quantitative estimate of drug-likeness (QED) is 0.901. The first kappa shape index (κ1) is 18.2. The molecule has 1 aromatic heterocycles. The van der Waals surface area contributed by atoms with Crippen molar-refractivity contribution >= 4 is 5.91 Å². The Hall–Kier alpha value is -2.18. The summed E-state index contributed by atoms with van der Waals surface area (Å²) in [5, 5.41) is 0. The average molecular weight is 368 g/mol. The van der Waals surface area contributed by atoms with Crippen LogP contribution in [0.15, 0.2) is 30.3 Å². The molecule has 4 rings (SSSR count). The highest BCUT2D eigenvalue weighted by molar-refractivity contribution is 5.94. The van der Waals surface area contributed by atoms with Gasteiger partial charge >= 0.3 is 0 Å². The minimum Gasteiger partial charge on any atom is -0.379 e. The zero-order valence-corrected chi connectivity index (χ0v) is 16.0. The molecule has 27 heavy (non-hydrogen) atoms. The van der Waals surface area contributed by atoms with Crippen LogP contribution in [-0.2, 0) is 4.74 Å². The number of amides is 1. The summed E-state index contributed by atoms with van der Waals surface area (Å²) in [4.78, 5) is 25.7. The number of H-pyrrole nitrogens is 1. The summed E-state index contributed by atoms with van der Waals surface area (Å²) in [6, 6.07) is 10.2. The molecule has 1 amide bonds. The molecule has 6 nitrogen and oxygen atoms in total. The monoisotopic (exact) mass is 368 g/mol. The predicted octanol–water partition coefficient (Wildman–Crippen LogP) is 2.71. The van der Waals surface area contributed by atoms with Crippen molar-refractivity contribution in [2.45, 2.75) is 32.2 Å². The second kappa shape index (κ2) is 8.23. The van der Waals surface area contributed by atoms with Gasteiger partial charge in [0.15, 0.2) is 0 Å². The minimum absolute atomic E-state index is 0.0592. The normalized spacial score (nSPS) is 21.4. The number of imidazole rings is 1. The first-order valence-corrected chi connectivity index (χ1v) is 9.95. The summed E-state index contributed by atoms with van der Waals surface area (Å²) < 4.78 is 5.46. The summed E-state index contributed by atoms with van der Waals surface area (Å²) >= 11 is 0. The molecule has 0 saturated carbocycles. The van der Waals surface area contributed by atoms with E-state index in [1.165, 1.54) is 6.42 Å². The number of rotatable bonds is 4. The largest absolute Gasteiger partial charge is 0.379 e. The van der Waals surface area contributed by atoms with E-state index in [0.29, 0.717) is 5.69 Å². The molecule has 0 aliphatic carbocycles. The Morgan fingerprint density at radius 1 is 1.19 bits per heavy atom. The lowest BCUT2D eigenvalue weighted by atomic mass is 10.0. The molecule has 2 aliphatic heterocycles. The lowest BCUT2D eigenvalue weighted by molar-refractivity contribution is 0.0164. The number of nitrogens with one attached hydrogen (secondary N) is 1. The van der Waals surface area contributed by atoms with Crippen LogP contribution >= 0.6 is 0 Å². The van der Waals surface area contributed by atoms with Crippen molar-refractivity contribution in [1.82, 2.24) is 19.8 Å². The third-order valence-electron chi connectivity index (χ3n) is 5.60. The Labute approximate surface area is 160 Å². The van der Waals surface area contributed by atoms with Gasteiger partial charge in [-0.05, 0) is 26.2 Å². The van der Waals surface area contributed by atoms with Crippen LogP contribution < -0.4 is 0 Å². The van der Waals surface area contributed by atoms with Crippen LogP contribution in [0.2, 0.25) is 0 Å². The van der Waals surface area contributed by atoms with E-state index in [9.17, 15) is 4.79 Å². The third-order valence-corrected chi connectivity index (χ3v) is 5.60. The Balaban J connectivity index is 1.52. The second-order valence-electron chi connectivity index (χ2n) is 7.49. The highest BCUT2D eigenvalue weighted by atomic mass is 16.5. The maximum Gasteiger partial charge on any atom is 0.274 e. The number of benzene rings is 1.